The number of aromatic nitrogens is 3. The predicted molar refractivity (Wildman–Crippen MR) is 169 cm³/mol. The van der Waals surface area contributed by atoms with E-state index >= 15 is 0 Å². The number of nitrogens with two attached hydrogens (primary N) is 1. The fraction of sp³-hybridized carbons (Fsp3) is 0.323. The van der Waals surface area contributed by atoms with Gasteiger partial charge in [-0.15, -0.1) is 0 Å². The minimum absolute atomic E-state index is 0.0581. The Kier molecular flexibility index (Phi) is 11.5. The molecular formula is C31H37N7O5S. The molecule has 0 radical (unpaired) electrons. The number of carbonyl (C=O) groups excluding carboxylic acids is 3. The predicted octanol–water partition coefficient (Wildman–Crippen LogP) is 1.54. The van der Waals surface area contributed by atoms with Crippen molar-refractivity contribution in [1.29, 1.82) is 0 Å². The van der Waals surface area contributed by atoms with Crippen LogP contribution in [0.2, 0.25) is 0 Å². The highest BCUT2D eigenvalue weighted by Gasteiger charge is 2.31. The largest absolute Gasteiger partial charge is 0.480 e. The number of thioether (sulfide) groups is 1. The maximum Gasteiger partial charge on any atom is 0.326 e. The van der Waals surface area contributed by atoms with Crippen molar-refractivity contribution in [2.45, 2.75) is 49.9 Å². The van der Waals surface area contributed by atoms with Gasteiger partial charge >= 0.3 is 5.97 Å². The number of amides is 3. The number of H-pyrrole nitrogens is 2. The van der Waals surface area contributed by atoms with E-state index in [-0.39, 0.29) is 25.7 Å². The molecule has 2 aromatic heterocycles. The van der Waals surface area contributed by atoms with Gasteiger partial charge in [0, 0.05) is 41.8 Å². The zero-order valence-corrected chi connectivity index (χ0v) is 25.1. The van der Waals surface area contributed by atoms with Crippen molar-refractivity contribution >= 4 is 46.4 Å². The molecule has 0 saturated heterocycles. The maximum absolute atomic E-state index is 13.8. The Morgan fingerprint density at radius 2 is 1.52 bits per heavy atom. The number of carbonyl (C=O) groups is 4. The average molecular weight is 620 g/mol. The van der Waals surface area contributed by atoms with E-state index in [1.54, 1.807) is 6.20 Å². The smallest absolute Gasteiger partial charge is 0.326 e. The summed E-state index contributed by atoms with van der Waals surface area (Å²) in [5.74, 6) is -2.45. The second kappa shape index (κ2) is 15.7. The summed E-state index contributed by atoms with van der Waals surface area (Å²) in [6, 6.07) is 12.5. The molecule has 0 aliphatic rings. The van der Waals surface area contributed by atoms with Crippen LogP contribution in [0.1, 0.15) is 23.2 Å². The lowest BCUT2D eigenvalue weighted by Gasteiger charge is -2.25. The van der Waals surface area contributed by atoms with Crippen LogP contribution in [0.3, 0.4) is 0 Å². The summed E-state index contributed by atoms with van der Waals surface area (Å²) in [6.45, 7) is 0. The molecule has 0 spiro atoms. The molecule has 0 fully saturated rings. The first-order valence-corrected chi connectivity index (χ1v) is 15.6. The molecule has 4 aromatic rings. The Labute approximate surface area is 259 Å². The highest BCUT2D eigenvalue weighted by atomic mass is 32.2. The molecule has 8 N–H and O–H groups in total. The van der Waals surface area contributed by atoms with E-state index in [4.69, 9.17) is 5.73 Å². The van der Waals surface area contributed by atoms with Crippen LogP contribution < -0.4 is 21.7 Å². The summed E-state index contributed by atoms with van der Waals surface area (Å²) < 4.78 is 0. The first-order valence-electron chi connectivity index (χ1n) is 14.2. The summed E-state index contributed by atoms with van der Waals surface area (Å²) in [7, 11) is 0. The molecule has 0 bridgehead atoms. The quantitative estimate of drug-likeness (QED) is 0.0981. The van der Waals surface area contributed by atoms with Crippen LogP contribution in [0.15, 0.2) is 73.3 Å². The number of hydrogen-bond acceptors (Lipinski definition) is 7. The molecule has 44 heavy (non-hydrogen) atoms. The van der Waals surface area contributed by atoms with Crippen LogP contribution in [-0.2, 0) is 38.4 Å². The van der Waals surface area contributed by atoms with E-state index in [1.165, 1.54) is 24.3 Å². The van der Waals surface area contributed by atoms with Gasteiger partial charge in [0.15, 0.2) is 0 Å². The first kappa shape index (κ1) is 32.3. The van der Waals surface area contributed by atoms with Crippen molar-refractivity contribution in [2.75, 3.05) is 12.0 Å². The molecule has 12 nitrogen and oxygen atoms in total. The first-order chi connectivity index (χ1) is 21.2. The Bertz CT molecular complexity index is 1540. The molecule has 0 aliphatic carbocycles. The van der Waals surface area contributed by atoms with Crippen molar-refractivity contribution in [3.8, 4) is 0 Å². The number of aromatic amines is 2. The molecule has 13 heteroatoms. The van der Waals surface area contributed by atoms with Crippen molar-refractivity contribution < 1.29 is 24.3 Å². The number of nitrogens with zero attached hydrogens (tertiary/aromatic N) is 1. The molecule has 0 aliphatic heterocycles. The summed E-state index contributed by atoms with van der Waals surface area (Å²) in [5.41, 5.74) is 9.27. The van der Waals surface area contributed by atoms with Gasteiger partial charge in [0.2, 0.25) is 17.7 Å². The van der Waals surface area contributed by atoms with Crippen LogP contribution in [0, 0.1) is 0 Å². The highest BCUT2D eigenvalue weighted by Crippen LogP contribution is 2.19. The van der Waals surface area contributed by atoms with Gasteiger partial charge in [-0.2, -0.15) is 11.8 Å². The number of para-hydroxylation sites is 1. The van der Waals surface area contributed by atoms with E-state index < -0.39 is 47.9 Å². The van der Waals surface area contributed by atoms with Crippen LogP contribution >= 0.6 is 11.8 Å². The minimum Gasteiger partial charge on any atom is -0.480 e. The minimum atomic E-state index is -1.17. The lowest BCUT2D eigenvalue weighted by molar-refractivity contribution is -0.142. The van der Waals surface area contributed by atoms with Gasteiger partial charge in [-0.1, -0.05) is 48.5 Å². The third-order valence-corrected chi connectivity index (χ3v) is 7.85. The number of carboxylic acids is 1. The number of benzene rings is 2. The van der Waals surface area contributed by atoms with Gasteiger partial charge in [0.25, 0.3) is 0 Å². The van der Waals surface area contributed by atoms with Crippen molar-refractivity contribution in [1.82, 2.24) is 30.9 Å². The topological polar surface area (TPSA) is 195 Å². The van der Waals surface area contributed by atoms with Crippen LogP contribution in [0.25, 0.3) is 10.9 Å². The summed E-state index contributed by atoms with van der Waals surface area (Å²) in [6.07, 6.45) is 7.22. The van der Waals surface area contributed by atoms with Crippen molar-refractivity contribution in [2.24, 2.45) is 5.73 Å². The average Bonchev–Trinajstić information content (AvgIpc) is 3.69. The summed E-state index contributed by atoms with van der Waals surface area (Å²) in [5, 5.41) is 18.7. The van der Waals surface area contributed by atoms with Crippen LogP contribution in [0.4, 0.5) is 0 Å². The molecule has 4 atom stereocenters. The fourth-order valence-corrected chi connectivity index (χ4v) is 5.30. The Morgan fingerprint density at radius 3 is 2.20 bits per heavy atom. The molecule has 3 amide bonds. The molecule has 0 saturated carbocycles. The molecule has 4 unspecified atom stereocenters. The third kappa shape index (κ3) is 8.94. The van der Waals surface area contributed by atoms with Gasteiger partial charge in [-0.3, -0.25) is 14.4 Å². The van der Waals surface area contributed by atoms with Gasteiger partial charge < -0.3 is 36.8 Å². The van der Waals surface area contributed by atoms with Gasteiger partial charge in [0.1, 0.15) is 18.1 Å². The Balaban J connectivity index is 1.56. The standard InChI is InChI=1S/C31H37N7O5S/c1-44-12-11-25(31(42)43)36-29(40)26(14-20-16-34-24-10-6-5-9-22(20)24)38-30(41)27(15-21-17-33-18-35-21)37-28(39)23(32)13-19-7-3-2-4-8-19/h2-10,16-18,23,25-27,34H,11-15,32H2,1H3,(H,33,35)(H,36,40)(H,37,39)(H,38,41)(H,42,43). The van der Waals surface area contributed by atoms with Gasteiger partial charge in [-0.25, -0.2) is 9.78 Å². The second-order valence-electron chi connectivity index (χ2n) is 10.4. The number of nitrogens with one attached hydrogen (secondary N) is 5. The van der Waals surface area contributed by atoms with Crippen LogP contribution in [-0.4, -0.2) is 79.9 Å². The molecule has 2 aromatic carbocycles. The number of hydrogen-bond donors (Lipinski definition) is 7. The molecule has 4 rings (SSSR count). The second-order valence-corrected chi connectivity index (χ2v) is 11.4. The lowest BCUT2D eigenvalue weighted by atomic mass is 10.0. The fourth-order valence-electron chi connectivity index (χ4n) is 4.83. The van der Waals surface area contributed by atoms with E-state index in [2.05, 4.69) is 30.9 Å². The zero-order valence-electron chi connectivity index (χ0n) is 24.3. The molecule has 232 valence electrons. The molecule has 2 heterocycles. The Morgan fingerprint density at radius 1 is 0.864 bits per heavy atom. The van der Waals surface area contributed by atoms with Crippen LogP contribution in [0.5, 0.6) is 0 Å². The normalized spacial score (nSPS) is 13.9. The number of aliphatic carboxylic acids is 1. The summed E-state index contributed by atoms with van der Waals surface area (Å²) >= 11 is 1.47. The van der Waals surface area contributed by atoms with E-state index in [9.17, 15) is 24.3 Å². The SMILES string of the molecule is CSCCC(NC(=O)C(Cc1c[nH]c2ccccc12)NC(=O)C(Cc1cnc[nH]1)NC(=O)C(N)Cc1ccccc1)C(=O)O. The Hall–Kier alpha value is -4.62. The number of fused-ring (bicyclic) bond motifs is 1. The van der Waals surface area contributed by atoms with Crippen molar-refractivity contribution in [3.63, 3.8) is 0 Å². The van der Waals surface area contributed by atoms with E-state index in [0.717, 1.165) is 22.0 Å². The van der Waals surface area contributed by atoms with E-state index in [1.807, 2.05) is 60.9 Å². The number of imidazole rings is 1. The monoisotopic (exact) mass is 619 g/mol. The lowest BCUT2D eigenvalue weighted by Crippen LogP contribution is -2.58. The maximum atomic E-state index is 13.8. The molecular weight excluding hydrogens is 582 g/mol. The number of carboxylic acid groups (broad SMARTS) is 1. The highest BCUT2D eigenvalue weighted by molar-refractivity contribution is 7.98. The summed E-state index contributed by atoms with van der Waals surface area (Å²) in [4.78, 5) is 62.5. The van der Waals surface area contributed by atoms with Crippen molar-refractivity contribution in [3.05, 3.63) is 90.1 Å². The zero-order chi connectivity index (χ0) is 31.5. The number of rotatable bonds is 16. The van der Waals surface area contributed by atoms with Gasteiger partial charge in [0.05, 0.1) is 12.4 Å². The van der Waals surface area contributed by atoms with E-state index in [0.29, 0.717) is 11.4 Å². The van der Waals surface area contributed by atoms with Gasteiger partial charge in [-0.05, 0) is 42.0 Å². The third-order valence-electron chi connectivity index (χ3n) is 7.20.